The van der Waals surface area contributed by atoms with Crippen molar-refractivity contribution < 1.29 is 0 Å². The monoisotopic (exact) mass is 698 g/mol. The van der Waals surface area contributed by atoms with Gasteiger partial charge >= 0.3 is 0 Å². The molecule has 0 amide bonds. The summed E-state index contributed by atoms with van der Waals surface area (Å²) in [5.74, 6) is 0. The second-order valence-corrected chi connectivity index (χ2v) is 15.6. The zero-order chi connectivity index (χ0) is 36.7. The van der Waals surface area contributed by atoms with Gasteiger partial charge in [0.2, 0.25) is 0 Å². The predicted octanol–water partition coefficient (Wildman–Crippen LogP) is 15.3. The highest BCUT2D eigenvalue weighted by atomic mass is 14.4. The van der Waals surface area contributed by atoms with Gasteiger partial charge in [-0.2, -0.15) is 0 Å². The fourth-order valence-corrected chi connectivity index (χ4v) is 9.68. The Labute approximate surface area is 322 Å². The van der Waals surface area contributed by atoms with Gasteiger partial charge in [0.1, 0.15) is 0 Å². The number of hydrogen-bond acceptors (Lipinski definition) is 0. The van der Waals surface area contributed by atoms with E-state index in [9.17, 15) is 0 Å². The molecule has 0 heterocycles. The van der Waals surface area contributed by atoms with Crippen molar-refractivity contribution in [3.63, 3.8) is 0 Å². The Morgan fingerprint density at radius 3 is 1.44 bits per heavy atom. The first-order valence-corrected chi connectivity index (χ1v) is 19.4. The number of benzene rings is 10. The molecule has 10 aromatic carbocycles. The van der Waals surface area contributed by atoms with Crippen LogP contribution in [0.25, 0.3) is 98.7 Å². The highest BCUT2D eigenvalue weighted by Gasteiger charge is 2.37. The van der Waals surface area contributed by atoms with Crippen LogP contribution in [0.4, 0.5) is 0 Å². The Balaban J connectivity index is 1.22. The van der Waals surface area contributed by atoms with Crippen molar-refractivity contribution in [1.82, 2.24) is 0 Å². The lowest BCUT2D eigenvalue weighted by Crippen LogP contribution is -2.14. The largest absolute Gasteiger partial charge is 0.0619 e. The van der Waals surface area contributed by atoms with E-state index in [0.717, 1.165) is 0 Å². The van der Waals surface area contributed by atoms with Gasteiger partial charge in [0, 0.05) is 5.41 Å². The van der Waals surface area contributed by atoms with E-state index in [0.29, 0.717) is 0 Å². The van der Waals surface area contributed by atoms with Crippen molar-refractivity contribution in [2.45, 2.75) is 19.3 Å². The molecular weight excluding hydrogens is 661 g/mol. The van der Waals surface area contributed by atoms with Gasteiger partial charge < -0.3 is 0 Å². The van der Waals surface area contributed by atoms with Crippen LogP contribution < -0.4 is 0 Å². The Hall–Kier alpha value is -6.76. The minimum Gasteiger partial charge on any atom is -0.0619 e. The summed E-state index contributed by atoms with van der Waals surface area (Å²) in [6, 6.07) is 72.2. The molecule has 0 unspecified atom stereocenters. The predicted molar refractivity (Wildman–Crippen MR) is 236 cm³/mol. The number of fused-ring (bicyclic) bond motifs is 7. The van der Waals surface area contributed by atoms with Gasteiger partial charge in [-0.05, 0) is 116 Å². The van der Waals surface area contributed by atoms with Crippen LogP contribution in [-0.4, -0.2) is 0 Å². The minimum absolute atomic E-state index is 0.0899. The molecule has 0 aliphatic heterocycles. The molecule has 55 heavy (non-hydrogen) atoms. The highest BCUT2D eigenvalue weighted by molar-refractivity contribution is 6.23. The molecule has 0 saturated heterocycles. The molecule has 11 rings (SSSR count). The first kappa shape index (κ1) is 31.7. The summed E-state index contributed by atoms with van der Waals surface area (Å²) in [4.78, 5) is 0. The zero-order valence-electron chi connectivity index (χ0n) is 31.0. The molecule has 0 nitrogen and oxygen atoms in total. The highest BCUT2D eigenvalue weighted by Crippen LogP contribution is 2.55. The van der Waals surface area contributed by atoms with E-state index in [2.05, 4.69) is 208 Å². The molecule has 1 aliphatic rings. The molecule has 1 aliphatic carbocycles. The fraction of sp³-hybridized carbons (Fsp3) is 0.0545. The van der Waals surface area contributed by atoms with Gasteiger partial charge in [-0.3, -0.25) is 0 Å². The lowest BCUT2D eigenvalue weighted by atomic mass is 9.80. The molecule has 258 valence electrons. The maximum absolute atomic E-state index is 2.47. The molecule has 0 heteroatoms. The van der Waals surface area contributed by atoms with Crippen molar-refractivity contribution in [3.05, 3.63) is 205 Å². The molecular formula is C55H38. The van der Waals surface area contributed by atoms with Crippen LogP contribution in [0.1, 0.15) is 25.0 Å². The second kappa shape index (κ2) is 12.1. The van der Waals surface area contributed by atoms with Crippen LogP contribution in [0, 0.1) is 0 Å². The van der Waals surface area contributed by atoms with Crippen molar-refractivity contribution in [3.8, 4) is 55.6 Å². The van der Waals surface area contributed by atoms with Crippen LogP contribution >= 0.6 is 0 Å². The van der Waals surface area contributed by atoms with E-state index in [1.807, 2.05) is 0 Å². The van der Waals surface area contributed by atoms with Gasteiger partial charge in [0.05, 0.1) is 0 Å². The smallest absolute Gasteiger partial charge is 0.0159 e. The Bertz CT molecular complexity index is 3150. The van der Waals surface area contributed by atoms with Crippen molar-refractivity contribution in [2.24, 2.45) is 0 Å². The normalized spacial score (nSPS) is 13.1. The van der Waals surface area contributed by atoms with Crippen LogP contribution in [0.15, 0.2) is 194 Å². The Kier molecular flexibility index (Phi) is 7.00. The topological polar surface area (TPSA) is 0 Å². The molecule has 0 radical (unpaired) electrons. The summed E-state index contributed by atoms with van der Waals surface area (Å²) in [6.45, 7) is 4.75. The summed E-state index contributed by atoms with van der Waals surface area (Å²) >= 11 is 0. The molecule has 0 saturated carbocycles. The summed E-state index contributed by atoms with van der Waals surface area (Å²) in [6.07, 6.45) is 0. The van der Waals surface area contributed by atoms with E-state index in [1.54, 1.807) is 0 Å². The third-order valence-electron chi connectivity index (χ3n) is 12.3. The molecule has 0 fully saturated rings. The molecule has 0 bridgehead atoms. The SMILES string of the molecule is CC1(C)c2ccccc2-c2c(-c3c4ccccc4c(-c4ccc(-c5cccc6ccccc56)cc4)c4ccc(-c5cccc6ccccc56)cc34)cccc21. The van der Waals surface area contributed by atoms with Gasteiger partial charge in [-0.25, -0.2) is 0 Å². The molecule has 10 aromatic rings. The molecule has 0 N–H and O–H groups in total. The summed E-state index contributed by atoms with van der Waals surface area (Å²) in [5.41, 5.74) is 15.5. The lowest BCUT2D eigenvalue weighted by Gasteiger charge is -2.23. The Morgan fingerprint density at radius 2 is 0.727 bits per heavy atom. The van der Waals surface area contributed by atoms with Crippen LogP contribution in [0.2, 0.25) is 0 Å². The summed E-state index contributed by atoms with van der Waals surface area (Å²) in [5, 5.41) is 10.1. The first-order chi connectivity index (χ1) is 27.1. The Morgan fingerprint density at radius 1 is 0.273 bits per heavy atom. The standard InChI is InChI=1S/C55H38/c1-55(2)50-26-10-9-22-47(50)54-48(25-13-27-51(54)55)53-45-21-8-7-20-44(45)52(38-30-28-37(29-31-38)42-23-11-16-35-14-3-5-18-40(35)42)46-33-32-39(34-49(46)53)43-24-12-17-36-15-4-6-19-41(36)43/h3-34H,1-2H3. The first-order valence-electron chi connectivity index (χ1n) is 19.4. The number of rotatable bonds is 4. The molecule has 0 aromatic heterocycles. The van der Waals surface area contributed by atoms with E-state index in [4.69, 9.17) is 0 Å². The maximum atomic E-state index is 2.47. The third-order valence-corrected chi connectivity index (χ3v) is 12.3. The van der Waals surface area contributed by atoms with Crippen molar-refractivity contribution in [2.75, 3.05) is 0 Å². The van der Waals surface area contributed by atoms with E-state index in [-0.39, 0.29) is 5.41 Å². The van der Waals surface area contributed by atoms with E-state index >= 15 is 0 Å². The van der Waals surface area contributed by atoms with Crippen molar-refractivity contribution >= 4 is 43.1 Å². The van der Waals surface area contributed by atoms with Gasteiger partial charge in [0.15, 0.2) is 0 Å². The lowest BCUT2D eigenvalue weighted by molar-refractivity contribution is 0.660. The average Bonchev–Trinajstić information content (AvgIpc) is 3.48. The van der Waals surface area contributed by atoms with Crippen molar-refractivity contribution in [1.29, 1.82) is 0 Å². The average molecular weight is 699 g/mol. The summed E-state index contributed by atoms with van der Waals surface area (Å²) in [7, 11) is 0. The van der Waals surface area contributed by atoms with Gasteiger partial charge in [0.25, 0.3) is 0 Å². The fourth-order valence-electron chi connectivity index (χ4n) is 9.68. The van der Waals surface area contributed by atoms with Crippen LogP contribution in [0.5, 0.6) is 0 Å². The quantitative estimate of drug-likeness (QED) is 0.161. The minimum atomic E-state index is -0.0899. The number of hydrogen-bond donors (Lipinski definition) is 0. The van der Waals surface area contributed by atoms with Crippen LogP contribution in [0.3, 0.4) is 0 Å². The van der Waals surface area contributed by atoms with Crippen LogP contribution in [-0.2, 0) is 5.41 Å². The maximum Gasteiger partial charge on any atom is 0.0159 e. The third kappa shape index (κ3) is 4.78. The van der Waals surface area contributed by atoms with E-state index < -0.39 is 0 Å². The van der Waals surface area contributed by atoms with Gasteiger partial charge in [-0.15, -0.1) is 0 Å². The summed E-state index contributed by atoms with van der Waals surface area (Å²) < 4.78 is 0. The molecule has 0 spiro atoms. The second-order valence-electron chi connectivity index (χ2n) is 15.6. The zero-order valence-corrected chi connectivity index (χ0v) is 31.0. The molecule has 0 atom stereocenters. The van der Waals surface area contributed by atoms with Gasteiger partial charge in [-0.1, -0.05) is 202 Å². The van der Waals surface area contributed by atoms with E-state index in [1.165, 1.54) is 110 Å².